The topological polar surface area (TPSA) is 61.3 Å². The van der Waals surface area contributed by atoms with E-state index in [0.29, 0.717) is 6.54 Å². The highest BCUT2D eigenvalue weighted by Crippen LogP contribution is 2.28. The third-order valence-electron chi connectivity index (χ3n) is 2.77. The molecule has 17 heavy (non-hydrogen) atoms. The Balaban J connectivity index is 2.03. The highest BCUT2D eigenvalue weighted by molar-refractivity contribution is 7.99. The van der Waals surface area contributed by atoms with Crippen molar-refractivity contribution < 1.29 is 5.11 Å². The van der Waals surface area contributed by atoms with Crippen LogP contribution in [0.5, 0.6) is 0 Å². The highest BCUT2D eigenvalue weighted by atomic mass is 32.2. The maximum absolute atomic E-state index is 10.2. The number of hydrogen-bond donors (Lipinski definition) is 2. The van der Waals surface area contributed by atoms with Crippen LogP contribution < -0.4 is 10.2 Å². The zero-order valence-electron chi connectivity index (χ0n) is 10.2. The molecule has 1 aliphatic heterocycles. The summed E-state index contributed by atoms with van der Waals surface area (Å²) in [5.74, 6) is 3.33. The number of aromatic nitrogens is 2. The molecular formula is C11H18N4OS. The lowest BCUT2D eigenvalue weighted by Crippen LogP contribution is -2.37. The average molecular weight is 254 g/mol. The van der Waals surface area contributed by atoms with Crippen LogP contribution in [0.25, 0.3) is 0 Å². The fourth-order valence-corrected chi connectivity index (χ4v) is 3.06. The van der Waals surface area contributed by atoms with Gasteiger partial charge < -0.3 is 15.3 Å². The number of nitrogens with zero attached hydrogens (tertiary/aromatic N) is 3. The third kappa shape index (κ3) is 3.01. The first-order valence-corrected chi connectivity index (χ1v) is 6.78. The third-order valence-corrected chi connectivity index (χ3v) is 4.00. The van der Waals surface area contributed by atoms with E-state index in [0.717, 1.165) is 29.6 Å². The zero-order valence-corrected chi connectivity index (χ0v) is 11.0. The van der Waals surface area contributed by atoms with Gasteiger partial charge in [0.2, 0.25) is 0 Å². The smallest absolute Gasteiger partial charge is 0.171 e. The van der Waals surface area contributed by atoms with E-state index in [1.807, 2.05) is 19.0 Å². The van der Waals surface area contributed by atoms with Crippen LogP contribution in [0.1, 0.15) is 6.42 Å². The molecule has 0 spiro atoms. The van der Waals surface area contributed by atoms with Crippen LogP contribution in [0.3, 0.4) is 0 Å². The van der Waals surface area contributed by atoms with E-state index in [9.17, 15) is 5.11 Å². The summed E-state index contributed by atoms with van der Waals surface area (Å²) in [7, 11) is 3.85. The van der Waals surface area contributed by atoms with Gasteiger partial charge in [0.25, 0.3) is 0 Å². The molecule has 1 aromatic heterocycles. The van der Waals surface area contributed by atoms with E-state index in [-0.39, 0.29) is 0 Å². The van der Waals surface area contributed by atoms with Gasteiger partial charge in [-0.25, -0.2) is 9.97 Å². The van der Waals surface area contributed by atoms with Crippen molar-refractivity contribution in [2.45, 2.75) is 12.0 Å². The largest absolute Gasteiger partial charge is 0.387 e. The molecule has 5 nitrogen and oxygen atoms in total. The Morgan fingerprint density at radius 1 is 1.47 bits per heavy atom. The maximum atomic E-state index is 10.2. The van der Waals surface area contributed by atoms with Gasteiger partial charge in [-0.1, -0.05) is 0 Å². The van der Waals surface area contributed by atoms with Crippen LogP contribution in [0.2, 0.25) is 0 Å². The predicted octanol–water partition coefficient (Wildman–Crippen LogP) is 0.822. The Kier molecular flexibility index (Phi) is 3.73. The Morgan fingerprint density at radius 2 is 2.24 bits per heavy atom. The Bertz CT molecular complexity index is 379. The van der Waals surface area contributed by atoms with Crippen molar-refractivity contribution in [2.75, 3.05) is 42.4 Å². The van der Waals surface area contributed by atoms with Crippen molar-refractivity contribution in [3.05, 3.63) is 12.4 Å². The molecule has 0 radical (unpaired) electrons. The summed E-state index contributed by atoms with van der Waals surface area (Å²) >= 11 is 1.79. The summed E-state index contributed by atoms with van der Waals surface area (Å²) in [5, 5.41) is 13.4. The van der Waals surface area contributed by atoms with E-state index in [4.69, 9.17) is 0 Å². The SMILES string of the molecule is CN(C)c1nccnc1NCC1(O)CCSC1. The summed E-state index contributed by atoms with van der Waals surface area (Å²) < 4.78 is 0. The van der Waals surface area contributed by atoms with Gasteiger partial charge in [0.1, 0.15) is 0 Å². The summed E-state index contributed by atoms with van der Waals surface area (Å²) in [4.78, 5) is 10.4. The molecule has 94 valence electrons. The van der Waals surface area contributed by atoms with Gasteiger partial charge in [0, 0.05) is 38.8 Å². The fourth-order valence-electron chi connectivity index (χ4n) is 1.77. The fraction of sp³-hybridized carbons (Fsp3) is 0.636. The Morgan fingerprint density at radius 3 is 2.88 bits per heavy atom. The average Bonchev–Trinajstić information content (AvgIpc) is 2.74. The molecule has 2 rings (SSSR count). The number of thioether (sulfide) groups is 1. The van der Waals surface area contributed by atoms with Crippen LogP contribution in [-0.2, 0) is 0 Å². The first kappa shape index (κ1) is 12.4. The van der Waals surface area contributed by atoms with E-state index in [1.165, 1.54) is 0 Å². The molecule has 1 atom stereocenters. The predicted molar refractivity (Wildman–Crippen MR) is 71.7 cm³/mol. The molecule has 6 heteroatoms. The van der Waals surface area contributed by atoms with Crippen molar-refractivity contribution in [1.29, 1.82) is 0 Å². The minimum absolute atomic E-state index is 0.527. The molecular weight excluding hydrogens is 236 g/mol. The van der Waals surface area contributed by atoms with Gasteiger partial charge in [-0.05, 0) is 12.2 Å². The number of aliphatic hydroxyl groups is 1. The first-order valence-electron chi connectivity index (χ1n) is 5.63. The molecule has 0 amide bonds. The minimum atomic E-state index is -0.605. The summed E-state index contributed by atoms with van der Waals surface area (Å²) in [6.07, 6.45) is 4.16. The molecule has 1 saturated heterocycles. The van der Waals surface area contributed by atoms with Crippen LogP contribution in [-0.4, -0.2) is 52.8 Å². The lowest BCUT2D eigenvalue weighted by atomic mass is 10.0. The molecule has 1 fully saturated rings. The van der Waals surface area contributed by atoms with Crippen LogP contribution in [0.4, 0.5) is 11.6 Å². The molecule has 1 aliphatic rings. The summed E-state index contributed by atoms with van der Waals surface area (Å²) in [5.41, 5.74) is -0.605. The van der Waals surface area contributed by atoms with Crippen molar-refractivity contribution in [2.24, 2.45) is 0 Å². The second-order valence-corrected chi connectivity index (χ2v) is 5.61. The zero-order chi connectivity index (χ0) is 12.3. The first-order chi connectivity index (χ1) is 8.11. The monoisotopic (exact) mass is 254 g/mol. The maximum Gasteiger partial charge on any atom is 0.171 e. The number of rotatable bonds is 4. The second kappa shape index (κ2) is 5.10. The number of anilines is 2. The van der Waals surface area contributed by atoms with Crippen LogP contribution >= 0.6 is 11.8 Å². The van der Waals surface area contributed by atoms with E-state index in [1.54, 1.807) is 24.2 Å². The van der Waals surface area contributed by atoms with Gasteiger partial charge in [0.05, 0.1) is 5.60 Å². The van der Waals surface area contributed by atoms with Gasteiger partial charge in [-0.15, -0.1) is 0 Å². The van der Waals surface area contributed by atoms with Gasteiger partial charge in [-0.2, -0.15) is 11.8 Å². The molecule has 0 saturated carbocycles. The van der Waals surface area contributed by atoms with Gasteiger partial charge >= 0.3 is 0 Å². The molecule has 0 aliphatic carbocycles. The van der Waals surface area contributed by atoms with E-state index < -0.39 is 5.60 Å². The lowest BCUT2D eigenvalue weighted by molar-refractivity contribution is 0.0819. The number of nitrogens with one attached hydrogen (secondary N) is 1. The van der Waals surface area contributed by atoms with Gasteiger partial charge in [0.15, 0.2) is 11.6 Å². The van der Waals surface area contributed by atoms with Crippen LogP contribution in [0.15, 0.2) is 12.4 Å². The van der Waals surface area contributed by atoms with E-state index >= 15 is 0 Å². The molecule has 1 unspecified atom stereocenters. The molecule has 2 N–H and O–H groups in total. The quantitative estimate of drug-likeness (QED) is 0.829. The van der Waals surface area contributed by atoms with Gasteiger partial charge in [-0.3, -0.25) is 0 Å². The van der Waals surface area contributed by atoms with E-state index in [2.05, 4.69) is 15.3 Å². The van der Waals surface area contributed by atoms with Crippen molar-refractivity contribution in [3.8, 4) is 0 Å². The van der Waals surface area contributed by atoms with Crippen molar-refractivity contribution >= 4 is 23.4 Å². The number of hydrogen-bond acceptors (Lipinski definition) is 6. The summed E-state index contributed by atoms with van der Waals surface area (Å²) in [6.45, 7) is 0.527. The van der Waals surface area contributed by atoms with Crippen LogP contribution in [0, 0.1) is 0 Å². The Labute approximate surface area is 106 Å². The summed E-state index contributed by atoms with van der Waals surface area (Å²) in [6, 6.07) is 0. The molecule has 0 aromatic carbocycles. The minimum Gasteiger partial charge on any atom is -0.387 e. The lowest BCUT2D eigenvalue weighted by Gasteiger charge is -2.23. The second-order valence-electron chi connectivity index (χ2n) is 4.50. The molecule has 2 heterocycles. The van der Waals surface area contributed by atoms with Crippen molar-refractivity contribution in [1.82, 2.24) is 9.97 Å². The Hall–Kier alpha value is -1.01. The molecule has 1 aromatic rings. The molecule has 0 bridgehead atoms. The van der Waals surface area contributed by atoms with Crippen molar-refractivity contribution in [3.63, 3.8) is 0 Å². The normalized spacial score (nSPS) is 23.7. The standard InChI is InChI=1S/C11H18N4OS/c1-15(2)10-9(12-4-5-13-10)14-7-11(16)3-6-17-8-11/h4-5,16H,3,6-8H2,1-2H3,(H,12,14). The highest BCUT2D eigenvalue weighted by Gasteiger charge is 2.31.